The van der Waals surface area contributed by atoms with Gasteiger partial charge in [0.05, 0.1) is 12.6 Å². The number of nitrogens with zero attached hydrogens (tertiary/aromatic N) is 1. The molecule has 0 fully saturated rings. The van der Waals surface area contributed by atoms with Crippen molar-refractivity contribution in [2.24, 2.45) is 10.9 Å². The van der Waals surface area contributed by atoms with Crippen molar-refractivity contribution in [3.8, 4) is 0 Å². The molecule has 0 spiro atoms. The zero-order valence-corrected chi connectivity index (χ0v) is 13.5. The van der Waals surface area contributed by atoms with Gasteiger partial charge in [-0.1, -0.05) is 32.0 Å². The lowest BCUT2D eigenvalue weighted by molar-refractivity contribution is 0.255. The lowest BCUT2D eigenvalue weighted by Crippen LogP contribution is -2.31. The summed E-state index contributed by atoms with van der Waals surface area (Å²) in [4.78, 5) is 4.49. The Morgan fingerprint density at radius 1 is 1.26 bits per heavy atom. The van der Waals surface area contributed by atoms with Crippen molar-refractivity contribution < 1.29 is 8.82 Å². The number of aliphatic imine (C=N–C) groups is 1. The second-order valence-corrected chi connectivity index (χ2v) is 10.5. The lowest BCUT2D eigenvalue weighted by Gasteiger charge is -2.23. The first-order valence-corrected chi connectivity index (χ1v) is 10.1. The Labute approximate surface area is 116 Å². The molecule has 106 valence electrons. The van der Waals surface area contributed by atoms with Gasteiger partial charge in [0.15, 0.2) is 8.32 Å². The van der Waals surface area contributed by atoms with E-state index >= 15 is 0 Å². The molecule has 2 nitrogen and oxygen atoms in total. The Balaban J connectivity index is 2.71. The van der Waals surface area contributed by atoms with Crippen molar-refractivity contribution in [2.45, 2.75) is 39.5 Å². The summed E-state index contributed by atoms with van der Waals surface area (Å²) >= 11 is 0. The molecule has 0 amide bonds. The molecule has 1 aromatic carbocycles. The molecule has 0 saturated heterocycles. The fraction of sp³-hybridized carbons (Fsp3) is 0.533. The molecule has 0 bridgehead atoms. The van der Waals surface area contributed by atoms with Gasteiger partial charge in [0, 0.05) is 11.8 Å². The Morgan fingerprint density at radius 2 is 1.89 bits per heavy atom. The summed E-state index contributed by atoms with van der Waals surface area (Å²) in [7, 11) is -1.53. The average Bonchev–Trinajstić information content (AvgIpc) is 2.29. The Hall–Kier alpha value is -1.00. The van der Waals surface area contributed by atoms with E-state index in [4.69, 9.17) is 4.43 Å². The third-order valence-corrected chi connectivity index (χ3v) is 3.80. The minimum atomic E-state index is -1.53. The highest BCUT2D eigenvalue weighted by molar-refractivity contribution is 6.69. The maximum atomic E-state index is 13.5. The molecular weight excluding hydrogens is 257 g/mol. The van der Waals surface area contributed by atoms with Crippen molar-refractivity contribution in [1.29, 1.82) is 0 Å². The number of halogens is 1. The minimum Gasteiger partial charge on any atom is -0.415 e. The van der Waals surface area contributed by atoms with Crippen LogP contribution in [0.25, 0.3) is 0 Å². The zero-order chi connectivity index (χ0) is 14.5. The van der Waals surface area contributed by atoms with Crippen molar-refractivity contribution in [3.63, 3.8) is 0 Å². The van der Waals surface area contributed by atoms with Crippen LogP contribution in [0.2, 0.25) is 19.6 Å². The molecule has 0 saturated carbocycles. The van der Waals surface area contributed by atoms with Gasteiger partial charge in [-0.25, -0.2) is 4.39 Å². The lowest BCUT2D eigenvalue weighted by atomic mass is 10.1. The first-order chi connectivity index (χ1) is 8.79. The highest BCUT2D eigenvalue weighted by Gasteiger charge is 2.19. The molecule has 0 aliphatic rings. The summed E-state index contributed by atoms with van der Waals surface area (Å²) in [6.07, 6.45) is 1.62. The van der Waals surface area contributed by atoms with Crippen molar-refractivity contribution in [1.82, 2.24) is 0 Å². The summed E-state index contributed by atoms with van der Waals surface area (Å²) < 4.78 is 19.4. The van der Waals surface area contributed by atoms with Crippen LogP contribution in [0.4, 0.5) is 4.39 Å². The molecular formula is C15H24FNOSi. The second kappa shape index (κ2) is 6.96. The van der Waals surface area contributed by atoms with E-state index in [-0.39, 0.29) is 11.9 Å². The molecule has 0 unspecified atom stereocenters. The predicted octanol–water partition coefficient (Wildman–Crippen LogP) is 4.12. The fourth-order valence-electron chi connectivity index (χ4n) is 1.50. The molecule has 1 rings (SSSR count). The van der Waals surface area contributed by atoms with E-state index in [0.29, 0.717) is 18.1 Å². The van der Waals surface area contributed by atoms with Crippen LogP contribution in [0.1, 0.15) is 19.4 Å². The van der Waals surface area contributed by atoms with Gasteiger partial charge < -0.3 is 4.43 Å². The van der Waals surface area contributed by atoms with Crippen molar-refractivity contribution in [2.75, 3.05) is 6.61 Å². The third kappa shape index (κ3) is 6.12. The maximum Gasteiger partial charge on any atom is 0.183 e. The summed E-state index contributed by atoms with van der Waals surface area (Å²) in [5.41, 5.74) is 0.529. The SMILES string of the molecule is CC(C)[C@@H](CO[Si](C)(C)C)N=Cc1ccccc1F. The van der Waals surface area contributed by atoms with Gasteiger partial charge in [-0.3, -0.25) is 4.99 Å². The van der Waals surface area contributed by atoms with E-state index in [0.717, 1.165) is 0 Å². The number of hydrogen-bond donors (Lipinski definition) is 0. The molecule has 19 heavy (non-hydrogen) atoms. The van der Waals surface area contributed by atoms with E-state index in [1.54, 1.807) is 18.3 Å². The number of benzene rings is 1. The summed E-state index contributed by atoms with van der Waals surface area (Å²) in [6.45, 7) is 11.3. The first-order valence-electron chi connectivity index (χ1n) is 6.71. The minimum absolute atomic E-state index is 0.0753. The molecule has 4 heteroatoms. The second-order valence-electron chi connectivity index (χ2n) is 6.03. The van der Waals surface area contributed by atoms with Gasteiger partial charge in [-0.05, 0) is 31.6 Å². The zero-order valence-electron chi connectivity index (χ0n) is 12.5. The number of rotatable bonds is 6. The standard InChI is InChI=1S/C15H24FNOSi/c1-12(2)15(11-18-19(3,4)5)17-10-13-8-6-7-9-14(13)16/h6-10,12,15H,11H2,1-5H3/t15-/m1/s1. The molecule has 0 N–H and O–H groups in total. The molecule has 1 aromatic rings. The Kier molecular flexibility index (Phi) is 5.88. The first kappa shape index (κ1) is 16.1. The van der Waals surface area contributed by atoms with Gasteiger partial charge in [0.25, 0.3) is 0 Å². The van der Waals surface area contributed by atoms with Crippen LogP contribution in [0, 0.1) is 11.7 Å². The monoisotopic (exact) mass is 281 g/mol. The van der Waals surface area contributed by atoms with E-state index in [1.165, 1.54) is 6.07 Å². The largest absolute Gasteiger partial charge is 0.415 e. The highest BCUT2D eigenvalue weighted by Crippen LogP contribution is 2.12. The van der Waals surface area contributed by atoms with Crippen LogP contribution in [0.3, 0.4) is 0 Å². The Bertz CT molecular complexity index is 426. The van der Waals surface area contributed by atoms with Gasteiger partial charge in [-0.15, -0.1) is 0 Å². The Morgan fingerprint density at radius 3 is 2.42 bits per heavy atom. The number of hydrogen-bond acceptors (Lipinski definition) is 2. The van der Waals surface area contributed by atoms with Crippen LogP contribution in [0.5, 0.6) is 0 Å². The fourth-order valence-corrected chi connectivity index (χ4v) is 2.17. The molecule has 0 radical (unpaired) electrons. The molecule has 0 heterocycles. The highest BCUT2D eigenvalue weighted by atomic mass is 28.4. The van der Waals surface area contributed by atoms with Crippen molar-refractivity contribution >= 4 is 14.5 Å². The normalized spacial score (nSPS) is 14.3. The van der Waals surface area contributed by atoms with Crippen LogP contribution < -0.4 is 0 Å². The topological polar surface area (TPSA) is 21.6 Å². The van der Waals surface area contributed by atoms with Crippen molar-refractivity contribution in [3.05, 3.63) is 35.6 Å². The smallest absolute Gasteiger partial charge is 0.183 e. The maximum absolute atomic E-state index is 13.5. The van der Waals surface area contributed by atoms with Crippen LogP contribution in [0.15, 0.2) is 29.3 Å². The predicted molar refractivity (Wildman–Crippen MR) is 81.9 cm³/mol. The van der Waals surface area contributed by atoms with Gasteiger partial charge >= 0.3 is 0 Å². The van der Waals surface area contributed by atoms with E-state index in [9.17, 15) is 4.39 Å². The summed E-state index contributed by atoms with van der Waals surface area (Å²) in [6, 6.07) is 6.75. The van der Waals surface area contributed by atoms with Crippen LogP contribution >= 0.6 is 0 Å². The van der Waals surface area contributed by atoms with E-state index < -0.39 is 8.32 Å². The van der Waals surface area contributed by atoms with Gasteiger partial charge in [0.1, 0.15) is 5.82 Å². The van der Waals surface area contributed by atoms with E-state index in [1.807, 2.05) is 6.07 Å². The van der Waals surface area contributed by atoms with E-state index in [2.05, 4.69) is 38.5 Å². The summed E-state index contributed by atoms with van der Waals surface area (Å²) in [5.74, 6) is 0.138. The molecule has 0 aromatic heterocycles. The molecule has 0 aliphatic heterocycles. The quantitative estimate of drug-likeness (QED) is 0.568. The molecule has 0 aliphatic carbocycles. The van der Waals surface area contributed by atoms with Gasteiger partial charge in [0.2, 0.25) is 0 Å². The summed E-state index contributed by atoms with van der Waals surface area (Å²) in [5, 5.41) is 0. The van der Waals surface area contributed by atoms with Crippen LogP contribution in [-0.4, -0.2) is 27.2 Å². The molecule has 1 atom stereocenters. The average molecular weight is 281 g/mol. The van der Waals surface area contributed by atoms with Gasteiger partial charge in [-0.2, -0.15) is 0 Å². The van der Waals surface area contributed by atoms with Crippen LogP contribution in [-0.2, 0) is 4.43 Å². The third-order valence-electron chi connectivity index (χ3n) is 2.77.